The molecule has 1 unspecified atom stereocenters. The van der Waals surface area contributed by atoms with Crippen LogP contribution in [0, 0.1) is 5.82 Å². The van der Waals surface area contributed by atoms with E-state index in [0.29, 0.717) is 85.7 Å². The van der Waals surface area contributed by atoms with Gasteiger partial charge >= 0.3 is 6.18 Å². The van der Waals surface area contributed by atoms with Gasteiger partial charge in [0, 0.05) is 86.5 Å². The number of nitrogens with zero attached hydrogens (tertiary/aromatic N) is 5. The molecule has 55 heavy (non-hydrogen) atoms. The molecule has 0 saturated carbocycles. The van der Waals surface area contributed by atoms with Crippen molar-refractivity contribution in [2.75, 3.05) is 58.2 Å². The summed E-state index contributed by atoms with van der Waals surface area (Å²) in [5.41, 5.74) is 2.40. The second kappa shape index (κ2) is 15.6. The Morgan fingerprint density at radius 2 is 1.75 bits per heavy atom. The maximum atomic E-state index is 15.7. The maximum Gasteiger partial charge on any atom is 0.416 e. The Labute approximate surface area is 315 Å². The lowest BCUT2D eigenvalue weighted by atomic mass is 9.86. The second-order valence-corrected chi connectivity index (χ2v) is 14.6. The fourth-order valence-corrected chi connectivity index (χ4v) is 8.03. The van der Waals surface area contributed by atoms with Crippen molar-refractivity contribution in [1.29, 1.82) is 0 Å². The van der Waals surface area contributed by atoms with E-state index in [1.807, 2.05) is 4.90 Å². The molecule has 3 fully saturated rings. The van der Waals surface area contributed by atoms with Crippen LogP contribution in [0.15, 0.2) is 46.3 Å². The van der Waals surface area contributed by atoms with Crippen molar-refractivity contribution in [2.24, 2.45) is 12.0 Å². The van der Waals surface area contributed by atoms with E-state index in [4.69, 9.17) is 4.74 Å². The highest BCUT2D eigenvalue weighted by Crippen LogP contribution is 2.40. The average Bonchev–Trinajstić information content (AvgIpc) is 3.66. The van der Waals surface area contributed by atoms with Gasteiger partial charge in [-0.2, -0.15) is 13.2 Å². The van der Waals surface area contributed by atoms with E-state index in [-0.39, 0.29) is 61.1 Å². The van der Waals surface area contributed by atoms with Crippen molar-refractivity contribution in [3.05, 3.63) is 80.5 Å². The summed E-state index contributed by atoms with van der Waals surface area (Å²) >= 11 is 0. The van der Waals surface area contributed by atoms with Crippen molar-refractivity contribution < 1.29 is 36.7 Å². The molecule has 292 valence electrons. The summed E-state index contributed by atoms with van der Waals surface area (Å²) in [5.74, 6) is -1.42. The smallest absolute Gasteiger partial charge is 0.416 e. The number of piperazine rings is 1. The van der Waals surface area contributed by atoms with Gasteiger partial charge in [0.25, 0.3) is 5.56 Å². The van der Waals surface area contributed by atoms with Crippen LogP contribution in [0.4, 0.5) is 23.2 Å². The number of carbonyl (C=O) groups excluding carboxylic acids is 3. The molecule has 1 atom stereocenters. The first-order chi connectivity index (χ1) is 26.3. The van der Waals surface area contributed by atoms with Gasteiger partial charge in [-0.3, -0.25) is 39.3 Å². The summed E-state index contributed by atoms with van der Waals surface area (Å²) < 4.78 is 65.5. The Bertz CT molecular complexity index is 2090. The van der Waals surface area contributed by atoms with Gasteiger partial charge in [-0.15, -0.1) is 0 Å². The van der Waals surface area contributed by atoms with E-state index in [1.165, 1.54) is 23.8 Å². The normalized spacial score (nSPS) is 19.7. The topological polar surface area (TPSA) is 129 Å². The summed E-state index contributed by atoms with van der Waals surface area (Å²) in [7, 11) is 3.15. The quantitative estimate of drug-likeness (QED) is 0.248. The number of likely N-dealkylation sites (tertiary alicyclic amines) is 1. The summed E-state index contributed by atoms with van der Waals surface area (Å²) in [6.45, 7) is 3.63. The number of halogens is 4. The van der Waals surface area contributed by atoms with Crippen LogP contribution < -0.4 is 20.9 Å². The number of imide groups is 1. The number of hydrogen-bond donors (Lipinski definition) is 2. The SMILES string of the molecule is COc1cc(-c2cn(C)c(=O)c3c2C=NC3)cc(F)c1CN1CCN(C(=O)CN2CCC(c3ccc(NC4CCC(=O)NC4=O)cc3C(F)(F)F)CC2)CC1. The first kappa shape index (κ1) is 38.2. The number of fused-ring (bicyclic) bond motifs is 1. The Morgan fingerprint density at radius 1 is 1.00 bits per heavy atom. The van der Waals surface area contributed by atoms with Crippen LogP contribution in [0.25, 0.3) is 11.1 Å². The molecule has 2 N–H and O–H groups in total. The van der Waals surface area contributed by atoms with Gasteiger partial charge in [0.15, 0.2) is 0 Å². The number of methoxy groups -OCH3 is 1. The van der Waals surface area contributed by atoms with Gasteiger partial charge in [0.2, 0.25) is 17.7 Å². The number of carbonyl (C=O) groups is 3. The van der Waals surface area contributed by atoms with Gasteiger partial charge in [-0.1, -0.05) is 6.07 Å². The average molecular weight is 766 g/mol. The van der Waals surface area contributed by atoms with E-state index in [2.05, 4.69) is 20.5 Å². The molecular formula is C39H43F4N7O5. The number of nitrogens with one attached hydrogen (secondary N) is 2. The summed E-state index contributed by atoms with van der Waals surface area (Å²) in [6.07, 6.45) is -0.0636. The standard InChI is InChI=1S/C39H43F4N7O5/c1-47-20-29(27-18-44-19-28(27)38(47)54)24-15-32(40)30(34(16-24)55-2)21-49-11-13-50(14-12-49)36(52)22-48-9-7-23(8-10-48)26-4-3-25(17-31(26)39(41,42)43)45-33-5-6-35(51)46-37(33)53/h3-4,15-18,20,23,33,45H,5-14,19,21-22H2,1-2H3,(H,46,51,53). The monoisotopic (exact) mass is 765 g/mol. The van der Waals surface area contributed by atoms with Gasteiger partial charge in [0.05, 0.1) is 25.8 Å². The molecule has 5 heterocycles. The van der Waals surface area contributed by atoms with E-state index in [9.17, 15) is 32.3 Å². The third-order valence-electron chi connectivity index (χ3n) is 11.1. The molecule has 2 aromatic carbocycles. The highest BCUT2D eigenvalue weighted by molar-refractivity contribution is 6.01. The van der Waals surface area contributed by atoms with E-state index in [0.717, 1.165) is 6.07 Å². The Kier molecular flexibility index (Phi) is 10.8. The number of aliphatic imine (C=N–C) groups is 1. The first-order valence-corrected chi connectivity index (χ1v) is 18.4. The number of amides is 3. The number of aryl methyl sites for hydroxylation is 1. The van der Waals surface area contributed by atoms with Gasteiger partial charge in [0.1, 0.15) is 17.6 Å². The third kappa shape index (κ3) is 8.15. The number of rotatable bonds is 9. The van der Waals surface area contributed by atoms with Crippen LogP contribution in [0.5, 0.6) is 5.75 Å². The van der Waals surface area contributed by atoms with Crippen LogP contribution >= 0.6 is 0 Å². The summed E-state index contributed by atoms with van der Waals surface area (Å²) in [5, 5.41) is 5.04. The van der Waals surface area contributed by atoms with E-state index in [1.54, 1.807) is 36.5 Å². The fraction of sp³-hybridized carbons (Fsp3) is 0.462. The van der Waals surface area contributed by atoms with Crippen LogP contribution in [0.2, 0.25) is 0 Å². The molecular weight excluding hydrogens is 722 g/mol. The minimum absolute atomic E-state index is 0.0561. The zero-order valence-corrected chi connectivity index (χ0v) is 30.7. The van der Waals surface area contributed by atoms with Crippen molar-refractivity contribution in [3.8, 4) is 16.9 Å². The number of aromatic nitrogens is 1. The predicted molar refractivity (Wildman–Crippen MR) is 196 cm³/mol. The number of hydrogen-bond acceptors (Lipinski definition) is 9. The Hall–Kier alpha value is -5.09. The van der Waals surface area contributed by atoms with Crippen molar-refractivity contribution in [3.63, 3.8) is 0 Å². The molecule has 12 nitrogen and oxygen atoms in total. The van der Waals surface area contributed by atoms with Crippen molar-refractivity contribution in [1.82, 2.24) is 24.6 Å². The lowest BCUT2D eigenvalue weighted by Crippen LogP contribution is -2.51. The van der Waals surface area contributed by atoms with Crippen LogP contribution in [-0.4, -0.2) is 102 Å². The summed E-state index contributed by atoms with van der Waals surface area (Å²) in [4.78, 5) is 59.5. The second-order valence-electron chi connectivity index (χ2n) is 14.6. The van der Waals surface area contributed by atoms with Gasteiger partial charge in [-0.05, 0) is 73.7 Å². The number of pyridine rings is 1. The van der Waals surface area contributed by atoms with Crippen LogP contribution in [0.1, 0.15) is 59.4 Å². The molecule has 3 aromatic rings. The predicted octanol–water partition coefficient (Wildman–Crippen LogP) is 3.89. The molecule has 0 spiro atoms. The number of anilines is 1. The zero-order chi connectivity index (χ0) is 39.0. The molecule has 7 rings (SSSR count). The van der Waals surface area contributed by atoms with E-state index >= 15 is 4.39 Å². The molecule has 4 aliphatic rings. The molecule has 16 heteroatoms. The molecule has 1 aromatic heterocycles. The van der Waals surface area contributed by atoms with Crippen LogP contribution in [-0.2, 0) is 40.7 Å². The van der Waals surface area contributed by atoms with Crippen molar-refractivity contribution in [2.45, 2.75) is 56.9 Å². The van der Waals surface area contributed by atoms with Crippen molar-refractivity contribution >= 4 is 29.6 Å². The molecule has 3 amide bonds. The first-order valence-electron chi connectivity index (χ1n) is 18.4. The number of piperidine rings is 2. The summed E-state index contributed by atoms with van der Waals surface area (Å²) in [6, 6.07) is 6.47. The number of benzene rings is 2. The molecule has 3 saturated heterocycles. The van der Waals surface area contributed by atoms with Gasteiger partial charge in [-0.25, -0.2) is 4.39 Å². The highest BCUT2D eigenvalue weighted by atomic mass is 19.4. The Balaban J connectivity index is 0.921. The minimum atomic E-state index is -4.60. The lowest BCUT2D eigenvalue weighted by molar-refractivity contribution is -0.138. The fourth-order valence-electron chi connectivity index (χ4n) is 8.03. The third-order valence-corrected chi connectivity index (χ3v) is 11.1. The largest absolute Gasteiger partial charge is 0.496 e. The van der Waals surface area contributed by atoms with Crippen LogP contribution in [0.3, 0.4) is 0 Å². The maximum absolute atomic E-state index is 15.7. The lowest BCUT2D eigenvalue weighted by Gasteiger charge is -2.37. The number of ether oxygens (including phenoxy) is 1. The Morgan fingerprint density at radius 3 is 2.44 bits per heavy atom. The highest BCUT2D eigenvalue weighted by Gasteiger charge is 2.37. The minimum Gasteiger partial charge on any atom is -0.496 e. The molecule has 0 bridgehead atoms. The molecule has 0 aliphatic carbocycles. The molecule has 0 radical (unpaired) electrons. The van der Waals surface area contributed by atoms with Gasteiger partial charge < -0.3 is 19.5 Å². The molecule has 4 aliphatic heterocycles. The van der Waals surface area contributed by atoms with E-state index < -0.39 is 35.4 Å². The number of alkyl halides is 3. The zero-order valence-electron chi connectivity index (χ0n) is 30.7.